The van der Waals surface area contributed by atoms with Crippen molar-refractivity contribution in [1.82, 2.24) is 9.13 Å². The Labute approximate surface area is 249 Å². The second-order valence-corrected chi connectivity index (χ2v) is 11.3. The van der Waals surface area contributed by atoms with Crippen LogP contribution < -0.4 is 9.13 Å². The second kappa shape index (κ2) is 17.6. The molecule has 228 valence electrons. The van der Waals surface area contributed by atoms with E-state index in [1.54, 1.807) is 0 Å². The zero-order chi connectivity index (χ0) is 30.2. The van der Waals surface area contributed by atoms with Gasteiger partial charge in [0.2, 0.25) is 0 Å². The van der Waals surface area contributed by atoms with Crippen molar-refractivity contribution in [3.8, 4) is 0 Å². The van der Waals surface area contributed by atoms with Crippen LogP contribution in [0.1, 0.15) is 22.8 Å². The lowest BCUT2D eigenvalue weighted by Crippen LogP contribution is -2.36. The van der Waals surface area contributed by atoms with E-state index in [-0.39, 0.29) is 0 Å². The predicted octanol–water partition coefficient (Wildman–Crippen LogP) is 2.49. The molecule has 0 saturated heterocycles. The Balaban J connectivity index is 0.000000892. The first-order chi connectivity index (χ1) is 20.2. The van der Waals surface area contributed by atoms with Crippen molar-refractivity contribution in [2.45, 2.75) is 40.0 Å². The van der Waals surface area contributed by atoms with Crippen LogP contribution in [0.15, 0.2) is 85.5 Å². The summed E-state index contributed by atoms with van der Waals surface area (Å²) < 4.78 is 53.4. The molecule has 0 amide bonds. The van der Waals surface area contributed by atoms with Gasteiger partial charge in [-0.25, -0.2) is 26.7 Å². The minimum atomic E-state index is -3.92. The molecule has 0 atom stereocenters. The molecule has 0 saturated carbocycles. The summed E-state index contributed by atoms with van der Waals surface area (Å²) in [6.07, 6.45) is 9.10. The maximum atomic E-state index is 9.08. The van der Waals surface area contributed by atoms with E-state index in [0.717, 1.165) is 26.2 Å². The highest BCUT2D eigenvalue weighted by Crippen LogP contribution is 2.02. The molecule has 0 aliphatic carbocycles. The van der Waals surface area contributed by atoms with Gasteiger partial charge in [-0.1, -0.05) is 60.7 Å². The molecule has 0 unspecified atom stereocenters. The molecule has 0 spiro atoms. The first-order valence-corrected chi connectivity index (χ1v) is 15.8. The van der Waals surface area contributed by atoms with Crippen LogP contribution in [-0.2, 0) is 50.5 Å². The van der Waals surface area contributed by atoms with E-state index in [2.05, 4.69) is 105 Å². The van der Waals surface area contributed by atoms with Crippen LogP contribution in [0.5, 0.6) is 0 Å². The fraction of sp³-hybridized carbons (Fsp3) is 0.419. The average molecular weight is 600 g/mol. The highest BCUT2D eigenvalue weighted by atomic mass is 32.2. The van der Waals surface area contributed by atoms with E-state index >= 15 is 0 Å². The maximum absolute atomic E-state index is 9.08. The minimum Gasteiger partial charge on any atom is -0.748 e. The maximum Gasteiger partial charge on any atom is 0.253 e. The Kier molecular flexibility index (Phi) is 13.9. The van der Waals surface area contributed by atoms with Gasteiger partial charge in [0, 0.05) is 20.1 Å². The number of benzene rings is 2. The summed E-state index contributed by atoms with van der Waals surface area (Å²) in [5, 5.41) is 0. The number of aromatic nitrogens is 4. The summed E-state index contributed by atoms with van der Waals surface area (Å²) >= 11 is 0. The summed E-state index contributed by atoms with van der Waals surface area (Å²) in [5.41, 5.74) is 2.61. The van der Waals surface area contributed by atoms with Gasteiger partial charge in [0.15, 0.2) is 0 Å². The quantitative estimate of drug-likeness (QED) is 0.111. The van der Waals surface area contributed by atoms with Crippen LogP contribution in [0, 0.1) is 13.8 Å². The predicted molar refractivity (Wildman–Crippen MR) is 158 cm³/mol. The molecule has 2 heterocycles. The fourth-order valence-corrected chi connectivity index (χ4v) is 4.32. The molecule has 2 aromatic heterocycles. The van der Waals surface area contributed by atoms with Crippen molar-refractivity contribution in [1.29, 1.82) is 0 Å². The fourth-order valence-electron chi connectivity index (χ4n) is 4.32. The van der Waals surface area contributed by atoms with E-state index in [0.29, 0.717) is 45.9 Å². The molecule has 0 aliphatic heterocycles. The lowest BCUT2D eigenvalue weighted by Gasteiger charge is -2.07. The van der Waals surface area contributed by atoms with Gasteiger partial charge in [-0.15, -0.1) is 0 Å². The summed E-state index contributed by atoms with van der Waals surface area (Å²) in [6, 6.07) is 21.0. The summed E-state index contributed by atoms with van der Waals surface area (Å²) in [6.45, 7) is 11.4. The lowest BCUT2D eigenvalue weighted by atomic mass is 10.2. The van der Waals surface area contributed by atoms with E-state index in [1.165, 1.54) is 22.8 Å². The third kappa shape index (κ3) is 12.7. The van der Waals surface area contributed by atoms with Crippen molar-refractivity contribution in [3.63, 3.8) is 0 Å². The molecule has 4 rings (SSSR count). The van der Waals surface area contributed by atoms with E-state index in [1.807, 2.05) is 12.1 Å². The number of ether oxygens (including phenoxy) is 3. The first-order valence-electron chi connectivity index (χ1n) is 14.0. The monoisotopic (exact) mass is 599 g/mol. The largest absolute Gasteiger partial charge is 0.748 e. The zero-order valence-corrected chi connectivity index (χ0v) is 25.6. The smallest absolute Gasteiger partial charge is 0.253 e. The van der Waals surface area contributed by atoms with Crippen molar-refractivity contribution < 1.29 is 36.3 Å². The molecule has 4 aromatic rings. The van der Waals surface area contributed by atoms with Crippen LogP contribution in [0.4, 0.5) is 0 Å². The number of hydrogen-bond acceptors (Lipinski definition) is 6. The molecular formula is C31H43N4O6S+. The van der Waals surface area contributed by atoms with Crippen molar-refractivity contribution in [2.75, 3.05) is 45.9 Å². The second-order valence-electron chi connectivity index (χ2n) is 9.85. The summed E-state index contributed by atoms with van der Waals surface area (Å²) in [7, 11) is -3.92. The molecule has 0 aliphatic rings. The van der Waals surface area contributed by atoms with Gasteiger partial charge in [0.05, 0.1) is 49.8 Å². The van der Waals surface area contributed by atoms with Gasteiger partial charge in [-0.3, -0.25) is 0 Å². The molecule has 0 N–H and O–H groups in total. The standard InChI is InChI=1S/C30H40N4O3.CH4O3S/c1-27-31(13-15-33(27)25-29-9-5-3-6-10-29)17-19-35-21-23-37-24-22-36-20-18-32-14-16-34(28(32)2)26-30-11-7-4-8-12-30;1-5(2,3)4/h3-16H,17-26H2,1-2H3;1H3,(H,2,3,4)/q+2;/p-1. The topological polar surface area (TPSA) is 103 Å². The van der Waals surface area contributed by atoms with Crippen molar-refractivity contribution in [2.24, 2.45) is 0 Å². The third-order valence-corrected chi connectivity index (χ3v) is 6.60. The number of rotatable bonds is 16. The molecule has 10 nitrogen and oxygen atoms in total. The zero-order valence-electron chi connectivity index (χ0n) is 24.8. The van der Waals surface area contributed by atoms with E-state index in [9.17, 15) is 0 Å². The molecule has 42 heavy (non-hydrogen) atoms. The molecule has 0 bridgehead atoms. The van der Waals surface area contributed by atoms with Crippen LogP contribution in [0.3, 0.4) is 0 Å². The van der Waals surface area contributed by atoms with Crippen LogP contribution >= 0.6 is 0 Å². The molecule has 2 aromatic carbocycles. The highest BCUT2D eigenvalue weighted by molar-refractivity contribution is 7.84. The number of hydrogen-bond donors (Lipinski definition) is 0. The van der Waals surface area contributed by atoms with Crippen LogP contribution in [0.2, 0.25) is 0 Å². The van der Waals surface area contributed by atoms with Gasteiger partial charge in [-0.2, -0.15) is 0 Å². The van der Waals surface area contributed by atoms with E-state index in [4.69, 9.17) is 27.2 Å². The molecule has 0 radical (unpaired) electrons. The first kappa shape index (κ1) is 33.2. The molecule has 0 fully saturated rings. The summed E-state index contributed by atoms with van der Waals surface area (Å²) in [4.78, 5) is 0. The number of nitrogens with zero attached hydrogens (tertiary/aromatic N) is 4. The molecular weight excluding hydrogens is 556 g/mol. The van der Waals surface area contributed by atoms with Gasteiger partial charge in [0.1, 0.15) is 51.0 Å². The van der Waals surface area contributed by atoms with Gasteiger partial charge in [0.25, 0.3) is 11.6 Å². The third-order valence-electron chi connectivity index (χ3n) is 6.60. The summed E-state index contributed by atoms with van der Waals surface area (Å²) in [5.74, 6) is 2.45. The normalized spacial score (nSPS) is 11.3. The highest BCUT2D eigenvalue weighted by Gasteiger charge is 2.13. The lowest BCUT2D eigenvalue weighted by molar-refractivity contribution is -0.694. The Bertz CT molecular complexity index is 1320. The Morgan fingerprint density at radius 1 is 0.643 bits per heavy atom. The Morgan fingerprint density at radius 3 is 1.33 bits per heavy atom. The van der Waals surface area contributed by atoms with Crippen molar-refractivity contribution in [3.05, 3.63) is 108 Å². The van der Waals surface area contributed by atoms with Gasteiger partial charge < -0.3 is 18.8 Å². The number of imidazole rings is 2. The molecule has 11 heteroatoms. The minimum absolute atomic E-state index is 0.582. The van der Waals surface area contributed by atoms with Gasteiger partial charge in [-0.05, 0) is 11.1 Å². The van der Waals surface area contributed by atoms with Crippen molar-refractivity contribution >= 4 is 10.1 Å². The average Bonchev–Trinajstić information content (AvgIpc) is 3.48. The van der Waals surface area contributed by atoms with E-state index < -0.39 is 10.1 Å². The Hall–Kier alpha value is -3.35. The van der Waals surface area contributed by atoms with Gasteiger partial charge >= 0.3 is 0 Å². The van der Waals surface area contributed by atoms with Crippen LogP contribution in [0.25, 0.3) is 0 Å². The van der Waals surface area contributed by atoms with Crippen LogP contribution in [-0.4, -0.2) is 68.0 Å². The Morgan fingerprint density at radius 2 is 0.976 bits per heavy atom. The SMILES string of the molecule is CS(=O)(=O)[O-].Cc1n(CCOCCOCCOCCn2cc[n+](Cc3ccccc3)c2C)cc[n+]1Cc1ccccc1.